The van der Waals surface area contributed by atoms with Gasteiger partial charge in [0.15, 0.2) is 11.5 Å². The molecule has 0 unspecified atom stereocenters. The average molecular weight is 434 g/mol. The van der Waals surface area contributed by atoms with Crippen LogP contribution < -0.4 is 0 Å². The molecule has 0 bridgehead atoms. The first-order valence-electron chi connectivity index (χ1n) is 11.5. The van der Waals surface area contributed by atoms with Gasteiger partial charge in [0.1, 0.15) is 0 Å². The van der Waals surface area contributed by atoms with Gasteiger partial charge in [-0.05, 0) is 62.6 Å². The third-order valence-corrected chi connectivity index (χ3v) is 6.72. The molecule has 0 atom stereocenters. The number of carbonyl (C=O) groups excluding carboxylic acids is 1. The van der Waals surface area contributed by atoms with Crippen LogP contribution in [0.15, 0.2) is 66.2 Å². The second kappa shape index (κ2) is 7.05. The summed E-state index contributed by atoms with van der Waals surface area (Å²) >= 11 is 0. The van der Waals surface area contributed by atoms with Crippen LogP contribution in [0.3, 0.4) is 0 Å². The number of ketones is 1. The van der Waals surface area contributed by atoms with Gasteiger partial charge in [0.05, 0.1) is 0 Å². The number of rotatable bonds is 1. The molecule has 1 aliphatic carbocycles. The van der Waals surface area contributed by atoms with Crippen molar-refractivity contribution in [2.75, 3.05) is 0 Å². The lowest BCUT2D eigenvalue weighted by Crippen LogP contribution is -2.21. The molecule has 1 radical (unpaired) electrons. The van der Waals surface area contributed by atoms with E-state index in [4.69, 9.17) is 0 Å². The quantitative estimate of drug-likeness (QED) is 0.296. The van der Waals surface area contributed by atoms with E-state index in [-0.39, 0.29) is 22.4 Å². The summed E-state index contributed by atoms with van der Waals surface area (Å²) in [5.41, 5.74) is 4.52. The number of Topliss-reactive ketones (excluding diaryl/α,β-unsaturated/α-hetero) is 1. The summed E-state index contributed by atoms with van der Waals surface area (Å²) < 4.78 is 0. The number of hydrogen-bond acceptors (Lipinski definition) is 1. The molecule has 0 saturated heterocycles. The molecular formula is C31H29O2. The standard InChI is InChI=1S/C31H29O2/c1-30(2,3)25-16-20-17-26(31(4,5)6)29(33)24-15-19(14-23(27(20)24)28(25)32)22-13-9-11-18-10-7-8-12-21(18)22/h7-17H,1-6H3. The van der Waals surface area contributed by atoms with Crippen LogP contribution in [-0.4, -0.2) is 5.78 Å². The van der Waals surface area contributed by atoms with Gasteiger partial charge in [-0.1, -0.05) is 84.0 Å². The third-order valence-electron chi connectivity index (χ3n) is 6.72. The van der Waals surface area contributed by atoms with Crippen LogP contribution in [0.1, 0.15) is 63.0 Å². The first kappa shape index (κ1) is 21.5. The maximum absolute atomic E-state index is 13.7. The molecule has 0 aliphatic heterocycles. The highest BCUT2D eigenvalue weighted by Gasteiger charge is 2.33. The maximum atomic E-state index is 13.7. The van der Waals surface area contributed by atoms with Crippen LogP contribution in [0.4, 0.5) is 0 Å². The molecule has 0 spiro atoms. The summed E-state index contributed by atoms with van der Waals surface area (Å²) in [6.07, 6.45) is 2.00. The fourth-order valence-corrected chi connectivity index (χ4v) is 4.98. The Kier molecular flexibility index (Phi) is 4.59. The fourth-order valence-electron chi connectivity index (χ4n) is 4.98. The number of allylic oxidation sites excluding steroid dienone is 1. The van der Waals surface area contributed by atoms with E-state index in [1.165, 1.54) is 0 Å². The molecule has 4 aromatic rings. The minimum atomic E-state index is -0.297. The van der Waals surface area contributed by atoms with Gasteiger partial charge in [-0.2, -0.15) is 0 Å². The lowest BCUT2D eigenvalue weighted by atomic mass is 9.74. The second-order valence-corrected chi connectivity index (χ2v) is 11.2. The Morgan fingerprint density at radius 1 is 0.697 bits per heavy atom. The molecule has 1 aliphatic rings. The first-order valence-corrected chi connectivity index (χ1v) is 11.5. The van der Waals surface area contributed by atoms with E-state index < -0.39 is 0 Å². The van der Waals surface area contributed by atoms with E-state index >= 15 is 0 Å². The van der Waals surface area contributed by atoms with Crippen molar-refractivity contribution in [3.63, 3.8) is 0 Å². The molecule has 165 valence electrons. The molecule has 4 aromatic carbocycles. The van der Waals surface area contributed by atoms with Crippen molar-refractivity contribution in [2.24, 2.45) is 5.41 Å². The van der Waals surface area contributed by atoms with E-state index in [2.05, 4.69) is 65.8 Å². The summed E-state index contributed by atoms with van der Waals surface area (Å²) in [7, 11) is 0. The van der Waals surface area contributed by atoms with Crippen LogP contribution in [0.5, 0.6) is 5.75 Å². The largest absolute Gasteiger partial charge is 0.289 e. The second-order valence-electron chi connectivity index (χ2n) is 11.2. The highest BCUT2D eigenvalue weighted by molar-refractivity contribution is 6.25. The van der Waals surface area contributed by atoms with Crippen molar-refractivity contribution >= 4 is 33.4 Å². The van der Waals surface area contributed by atoms with Crippen molar-refractivity contribution in [3.05, 3.63) is 82.9 Å². The number of carbonyl (C=O) groups is 1. The minimum Gasteiger partial charge on any atom is -0.289 e. The highest BCUT2D eigenvalue weighted by atomic mass is 16.3. The zero-order chi connectivity index (χ0) is 23.7. The van der Waals surface area contributed by atoms with Gasteiger partial charge in [0.2, 0.25) is 0 Å². The molecule has 0 amide bonds. The normalized spacial score (nSPS) is 14.1. The Morgan fingerprint density at radius 2 is 1.39 bits per heavy atom. The monoisotopic (exact) mass is 433 g/mol. The lowest BCUT2D eigenvalue weighted by Gasteiger charge is -2.29. The Hall–Kier alpha value is -3.39. The van der Waals surface area contributed by atoms with Gasteiger partial charge in [0.25, 0.3) is 0 Å². The molecule has 2 nitrogen and oxygen atoms in total. The molecule has 5 rings (SSSR count). The molecule has 2 heteroatoms. The van der Waals surface area contributed by atoms with E-state index in [9.17, 15) is 9.90 Å². The minimum absolute atomic E-state index is 0.0185. The fraction of sp³-hybridized carbons (Fsp3) is 0.258. The van der Waals surface area contributed by atoms with Crippen molar-refractivity contribution in [1.29, 1.82) is 0 Å². The van der Waals surface area contributed by atoms with Gasteiger partial charge < -0.3 is 0 Å². The van der Waals surface area contributed by atoms with Crippen molar-refractivity contribution in [2.45, 2.75) is 47.0 Å². The molecule has 33 heavy (non-hydrogen) atoms. The predicted molar refractivity (Wildman–Crippen MR) is 137 cm³/mol. The van der Waals surface area contributed by atoms with Crippen LogP contribution in [0, 0.1) is 5.41 Å². The number of benzene rings is 4. The van der Waals surface area contributed by atoms with Crippen LogP contribution >= 0.6 is 0 Å². The summed E-state index contributed by atoms with van der Waals surface area (Å²) in [5, 5.41) is 17.4. The molecule has 0 aromatic heterocycles. The number of fused-ring (bicyclic) bond motifs is 1. The molecule has 0 N–H and O–H groups in total. The smallest absolute Gasteiger partial charge is 0.190 e. The van der Waals surface area contributed by atoms with E-state index in [1.807, 2.05) is 42.5 Å². The van der Waals surface area contributed by atoms with Crippen LogP contribution in [0.2, 0.25) is 0 Å². The van der Waals surface area contributed by atoms with Gasteiger partial charge in [-0.25, -0.2) is 0 Å². The molecule has 0 saturated carbocycles. The van der Waals surface area contributed by atoms with Crippen LogP contribution in [0.25, 0.3) is 38.7 Å². The summed E-state index contributed by atoms with van der Waals surface area (Å²) in [6, 6.07) is 20.4. The maximum Gasteiger partial charge on any atom is 0.190 e. The first-order chi connectivity index (χ1) is 15.5. The third kappa shape index (κ3) is 3.36. The number of hydrogen-bond donors (Lipinski definition) is 0. The summed E-state index contributed by atoms with van der Waals surface area (Å²) in [6.45, 7) is 12.4. The zero-order valence-electron chi connectivity index (χ0n) is 20.2. The van der Waals surface area contributed by atoms with Crippen molar-refractivity contribution in [1.82, 2.24) is 0 Å². The SMILES string of the molecule is CC(C)(C)C1=Cc2cc(C(C)(C)C)c([O])c3cc(-c4cccc5ccccc45)cc(c23)C1=O. The lowest BCUT2D eigenvalue weighted by molar-refractivity contribution is 0.101. The van der Waals surface area contributed by atoms with Gasteiger partial charge >= 0.3 is 0 Å². The topological polar surface area (TPSA) is 37.0 Å². The summed E-state index contributed by atoms with van der Waals surface area (Å²) in [4.78, 5) is 13.7. The van der Waals surface area contributed by atoms with E-state index in [0.717, 1.165) is 44.0 Å². The Labute approximate surface area is 195 Å². The molecule has 0 heterocycles. The van der Waals surface area contributed by atoms with Crippen molar-refractivity contribution < 1.29 is 9.90 Å². The highest BCUT2D eigenvalue weighted by Crippen LogP contribution is 2.47. The Balaban J connectivity index is 1.92. The molecule has 0 fully saturated rings. The zero-order valence-corrected chi connectivity index (χ0v) is 20.2. The Morgan fingerprint density at radius 3 is 2.09 bits per heavy atom. The van der Waals surface area contributed by atoms with Gasteiger partial charge in [0, 0.05) is 27.5 Å². The van der Waals surface area contributed by atoms with Crippen LogP contribution in [-0.2, 0) is 10.5 Å². The summed E-state index contributed by atoms with van der Waals surface area (Å²) in [5.74, 6) is 0.0370. The average Bonchev–Trinajstić information content (AvgIpc) is 2.75. The van der Waals surface area contributed by atoms with Gasteiger partial charge in [-0.15, -0.1) is 0 Å². The molecular weight excluding hydrogens is 404 g/mol. The predicted octanol–water partition coefficient (Wildman–Crippen LogP) is 8.73. The van der Waals surface area contributed by atoms with E-state index in [0.29, 0.717) is 10.9 Å². The van der Waals surface area contributed by atoms with Gasteiger partial charge in [-0.3, -0.25) is 9.90 Å². The van der Waals surface area contributed by atoms with Crippen molar-refractivity contribution in [3.8, 4) is 16.9 Å². The Bertz CT molecular complexity index is 1480. The van der Waals surface area contributed by atoms with E-state index in [1.54, 1.807) is 0 Å².